The van der Waals surface area contributed by atoms with Gasteiger partial charge in [0.05, 0.1) is 12.6 Å². The Morgan fingerprint density at radius 2 is 1.77 bits per heavy atom. The first-order valence-electron chi connectivity index (χ1n) is 12.5. The molecule has 0 radical (unpaired) electrons. The number of β-lactam (4-membered cyclic amide) rings is 1. The Morgan fingerprint density at radius 1 is 1.07 bits per heavy atom. The molecule has 3 heterocycles. The van der Waals surface area contributed by atoms with E-state index in [2.05, 4.69) is 10.6 Å². The largest absolute Gasteiger partial charge is 0.497 e. The maximum absolute atomic E-state index is 13.6. The topological polar surface area (TPSA) is 147 Å². The first-order valence-corrected chi connectivity index (χ1v) is 13.4. The van der Waals surface area contributed by atoms with Gasteiger partial charge in [0, 0.05) is 17.2 Å². The average molecular weight is 565 g/mol. The van der Waals surface area contributed by atoms with Crippen molar-refractivity contribution in [1.29, 1.82) is 0 Å². The molecule has 2 fully saturated rings. The van der Waals surface area contributed by atoms with Crippen LogP contribution in [0.4, 0.5) is 0 Å². The van der Waals surface area contributed by atoms with Crippen molar-refractivity contribution < 1.29 is 29.0 Å². The Morgan fingerprint density at radius 3 is 2.42 bits per heavy atom. The highest BCUT2D eigenvalue weighted by atomic mass is 32.2. The molecule has 1 aromatic heterocycles. The summed E-state index contributed by atoms with van der Waals surface area (Å²) < 4.78 is 5.86. The Bertz CT molecular complexity index is 1600. The number of aromatic nitrogens is 1. The van der Waals surface area contributed by atoms with Crippen LogP contribution in [0.2, 0.25) is 0 Å². The minimum Gasteiger partial charge on any atom is -0.497 e. The predicted octanol–water partition coefficient (Wildman–Crippen LogP) is 1.65. The lowest BCUT2D eigenvalue weighted by Gasteiger charge is -2.44. The summed E-state index contributed by atoms with van der Waals surface area (Å²) in [7, 11) is 3.06. The van der Waals surface area contributed by atoms with Gasteiger partial charge in [-0.05, 0) is 43.7 Å². The maximum Gasteiger partial charge on any atom is 0.327 e. The number of thioether (sulfide) groups is 1. The number of nitrogens with zero attached hydrogens (tertiary/aromatic N) is 2. The number of carboxylic acid groups (broad SMARTS) is 1. The van der Waals surface area contributed by atoms with Gasteiger partial charge in [0.1, 0.15) is 34.8 Å². The number of pyridine rings is 1. The number of amides is 3. The maximum atomic E-state index is 13.6. The van der Waals surface area contributed by atoms with Gasteiger partial charge >= 0.3 is 5.97 Å². The van der Waals surface area contributed by atoms with E-state index in [0.29, 0.717) is 22.2 Å². The molecule has 0 spiro atoms. The molecule has 2 saturated heterocycles. The van der Waals surface area contributed by atoms with E-state index >= 15 is 0 Å². The SMILES string of the molecule is COc1ccc2c(c1)cc(C(=O)NC(C(=O)NC1C(=O)N3C1SC(C)(C)C3C(=O)O)c1ccccc1)c(=O)n2C. The van der Waals surface area contributed by atoms with Gasteiger partial charge in [-0.1, -0.05) is 30.3 Å². The number of nitrogens with one attached hydrogen (secondary N) is 2. The first kappa shape index (κ1) is 27.3. The van der Waals surface area contributed by atoms with E-state index < -0.39 is 57.5 Å². The van der Waals surface area contributed by atoms with Gasteiger partial charge in [-0.2, -0.15) is 0 Å². The molecule has 3 N–H and O–H groups in total. The number of hydrogen-bond acceptors (Lipinski definition) is 7. The zero-order chi connectivity index (χ0) is 28.9. The van der Waals surface area contributed by atoms with Crippen LogP contribution in [0, 0.1) is 0 Å². The summed E-state index contributed by atoms with van der Waals surface area (Å²) >= 11 is 1.30. The van der Waals surface area contributed by atoms with Gasteiger partial charge in [-0.15, -0.1) is 11.8 Å². The molecule has 3 amide bonds. The van der Waals surface area contributed by atoms with Crippen LogP contribution < -0.4 is 20.9 Å². The lowest BCUT2D eigenvalue weighted by molar-refractivity contribution is -0.161. The van der Waals surface area contributed by atoms with E-state index in [9.17, 15) is 29.1 Å². The van der Waals surface area contributed by atoms with Crippen molar-refractivity contribution >= 4 is 46.4 Å². The van der Waals surface area contributed by atoms with Crippen LogP contribution in [-0.2, 0) is 21.4 Å². The molecule has 0 bridgehead atoms. The molecule has 4 atom stereocenters. The molecule has 2 aliphatic heterocycles. The van der Waals surface area contributed by atoms with E-state index in [-0.39, 0.29) is 5.56 Å². The summed E-state index contributed by atoms with van der Waals surface area (Å²) in [5.41, 5.74) is 0.334. The molecule has 2 aliphatic rings. The second-order valence-electron chi connectivity index (χ2n) is 10.2. The highest BCUT2D eigenvalue weighted by Crippen LogP contribution is 2.50. The van der Waals surface area contributed by atoms with Crippen LogP contribution in [0.15, 0.2) is 59.4 Å². The lowest BCUT2D eigenvalue weighted by atomic mass is 9.95. The average Bonchev–Trinajstić information content (AvgIpc) is 3.19. The number of aliphatic carboxylic acids is 1. The summed E-state index contributed by atoms with van der Waals surface area (Å²) in [6, 6.07) is 11.8. The van der Waals surface area contributed by atoms with Crippen molar-refractivity contribution in [2.75, 3.05) is 7.11 Å². The number of carboxylic acids is 1. The number of rotatable bonds is 7. The Labute approximate surface area is 233 Å². The number of aryl methyl sites for hydroxylation is 1. The van der Waals surface area contributed by atoms with Crippen molar-refractivity contribution in [2.24, 2.45) is 7.05 Å². The molecule has 40 heavy (non-hydrogen) atoms. The zero-order valence-corrected chi connectivity index (χ0v) is 23.0. The number of ether oxygens (including phenoxy) is 1. The van der Waals surface area contributed by atoms with Crippen LogP contribution >= 0.6 is 11.8 Å². The highest BCUT2D eigenvalue weighted by Gasteiger charge is 2.64. The normalized spacial score (nSPS) is 21.8. The summed E-state index contributed by atoms with van der Waals surface area (Å²) in [5, 5.41) is 15.1. The fourth-order valence-corrected chi connectivity index (χ4v) is 6.91. The van der Waals surface area contributed by atoms with Gasteiger partial charge in [-0.3, -0.25) is 19.2 Å². The molecule has 2 aromatic carbocycles. The molecule has 11 nitrogen and oxygen atoms in total. The van der Waals surface area contributed by atoms with Gasteiger partial charge in [-0.25, -0.2) is 4.79 Å². The molecule has 5 rings (SSSR count). The van der Waals surface area contributed by atoms with E-state index in [1.807, 2.05) is 0 Å². The van der Waals surface area contributed by atoms with Crippen LogP contribution in [0.1, 0.15) is 35.8 Å². The van der Waals surface area contributed by atoms with Crippen molar-refractivity contribution in [3.8, 4) is 5.75 Å². The Hall–Kier alpha value is -4.32. The quantitative estimate of drug-likeness (QED) is 0.367. The molecule has 208 valence electrons. The Kier molecular flexibility index (Phi) is 6.82. The number of fused-ring (bicyclic) bond motifs is 2. The molecule has 3 aromatic rings. The second-order valence-corrected chi connectivity index (χ2v) is 12.0. The molecule has 0 saturated carbocycles. The van der Waals surface area contributed by atoms with Crippen molar-refractivity contribution in [2.45, 2.75) is 42.1 Å². The number of methoxy groups -OCH3 is 1. The van der Waals surface area contributed by atoms with E-state index in [0.717, 1.165) is 0 Å². The molecule has 4 unspecified atom stereocenters. The summed E-state index contributed by atoms with van der Waals surface area (Å²) in [5.74, 6) is -2.48. The molecule has 0 aliphatic carbocycles. The second kappa shape index (κ2) is 10.0. The monoisotopic (exact) mass is 564 g/mol. The summed E-state index contributed by atoms with van der Waals surface area (Å²) in [4.78, 5) is 66.1. The fraction of sp³-hybridized carbons (Fsp3) is 0.321. The predicted molar refractivity (Wildman–Crippen MR) is 148 cm³/mol. The minimum absolute atomic E-state index is 0.166. The number of hydrogen-bond donors (Lipinski definition) is 3. The van der Waals surface area contributed by atoms with Gasteiger partial charge < -0.3 is 29.9 Å². The molecular weight excluding hydrogens is 536 g/mol. The first-order chi connectivity index (χ1) is 18.9. The van der Waals surface area contributed by atoms with Gasteiger partial charge in [0.15, 0.2) is 0 Å². The standard InChI is InChI=1S/C28H28N4O7S/c1-28(2)21(27(37)38)32-25(36)20(26(32)40-28)30-23(34)19(14-8-6-5-7-9-14)29-22(33)17-13-15-12-16(39-4)10-11-18(15)31(3)24(17)35/h5-13,19-21,26H,1-4H3,(H,29,33)(H,30,34)(H,37,38). The number of carbonyl (C=O) groups excluding carboxylic acids is 3. The van der Waals surface area contributed by atoms with Crippen molar-refractivity contribution in [3.63, 3.8) is 0 Å². The molecule has 12 heteroatoms. The minimum atomic E-state index is -1.23. The zero-order valence-electron chi connectivity index (χ0n) is 22.2. The smallest absolute Gasteiger partial charge is 0.327 e. The van der Waals surface area contributed by atoms with E-state index in [4.69, 9.17) is 4.74 Å². The lowest BCUT2D eigenvalue weighted by Crippen LogP contribution is -2.71. The number of carbonyl (C=O) groups is 4. The summed E-state index contributed by atoms with van der Waals surface area (Å²) in [6.07, 6.45) is 0. The van der Waals surface area contributed by atoms with E-state index in [1.54, 1.807) is 69.4 Å². The van der Waals surface area contributed by atoms with Crippen molar-refractivity contribution in [1.82, 2.24) is 20.1 Å². The van der Waals surface area contributed by atoms with Crippen LogP contribution in [0.3, 0.4) is 0 Å². The van der Waals surface area contributed by atoms with Gasteiger partial charge in [0.2, 0.25) is 11.8 Å². The fourth-order valence-electron chi connectivity index (χ4n) is 5.29. The van der Waals surface area contributed by atoms with Crippen LogP contribution in [-0.4, -0.2) is 67.6 Å². The van der Waals surface area contributed by atoms with Gasteiger partial charge in [0.25, 0.3) is 11.5 Å². The summed E-state index contributed by atoms with van der Waals surface area (Å²) in [6.45, 7) is 3.49. The van der Waals surface area contributed by atoms with Crippen molar-refractivity contribution in [3.05, 3.63) is 76.1 Å². The third-order valence-electron chi connectivity index (χ3n) is 7.32. The molecular formula is C28H28N4O7S. The highest BCUT2D eigenvalue weighted by molar-refractivity contribution is 8.01. The van der Waals surface area contributed by atoms with Crippen LogP contribution in [0.5, 0.6) is 5.75 Å². The third-order valence-corrected chi connectivity index (χ3v) is 8.89. The number of benzene rings is 2. The Balaban J connectivity index is 1.43. The van der Waals surface area contributed by atoms with E-state index in [1.165, 1.54) is 34.4 Å². The van der Waals surface area contributed by atoms with Crippen LogP contribution in [0.25, 0.3) is 10.9 Å². The third kappa shape index (κ3) is 4.47.